The first-order chi connectivity index (χ1) is 17.6. The molecule has 200 valence electrons. The first-order valence-electron chi connectivity index (χ1n) is 11.2. The van der Waals surface area contributed by atoms with Crippen molar-refractivity contribution in [2.75, 3.05) is 17.2 Å². The standard InChI is InChI=1S/C26H21ClF5N3O3/c1-25(2,38)11-33-16-9-18-21(22(35-24(18)37)17-8-14(28)3-4-19(17)27)20(10-16)34-23(36)12-5-13(26(30,31)32)7-15(29)6-12/h3-10,22,33,38H,11H2,1-2H3,(H,34,36)(H,35,37). The highest BCUT2D eigenvalue weighted by Crippen LogP contribution is 2.41. The minimum Gasteiger partial charge on any atom is -0.389 e. The summed E-state index contributed by atoms with van der Waals surface area (Å²) < 4.78 is 67.6. The summed E-state index contributed by atoms with van der Waals surface area (Å²) in [7, 11) is 0. The lowest BCUT2D eigenvalue weighted by atomic mass is 9.95. The Morgan fingerprint density at radius 2 is 1.76 bits per heavy atom. The molecule has 3 aromatic carbocycles. The number of hydrogen-bond acceptors (Lipinski definition) is 4. The fraction of sp³-hybridized carbons (Fsp3) is 0.231. The lowest BCUT2D eigenvalue weighted by Gasteiger charge is -2.21. The summed E-state index contributed by atoms with van der Waals surface area (Å²) in [6.07, 6.45) is -4.89. The van der Waals surface area contributed by atoms with E-state index < -0.39 is 52.4 Å². The highest BCUT2D eigenvalue weighted by molar-refractivity contribution is 6.31. The van der Waals surface area contributed by atoms with Crippen LogP contribution in [0.1, 0.15) is 57.3 Å². The van der Waals surface area contributed by atoms with Gasteiger partial charge in [-0.05, 0) is 62.4 Å². The summed E-state index contributed by atoms with van der Waals surface area (Å²) in [6, 6.07) is 6.76. The molecule has 1 aliphatic heterocycles. The normalized spacial score (nSPS) is 15.2. The first-order valence-corrected chi connectivity index (χ1v) is 11.6. The summed E-state index contributed by atoms with van der Waals surface area (Å²) in [5.41, 5.74) is -2.42. The van der Waals surface area contributed by atoms with Gasteiger partial charge in [0.2, 0.25) is 0 Å². The molecule has 38 heavy (non-hydrogen) atoms. The molecule has 1 aliphatic rings. The van der Waals surface area contributed by atoms with Gasteiger partial charge in [-0.25, -0.2) is 8.78 Å². The molecule has 0 aromatic heterocycles. The molecule has 0 saturated heterocycles. The summed E-state index contributed by atoms with van der Waals surface area (Å²) in [5, 5.41) is 18.2. The molecule has 0 saturated carbocycles. The molecular weight excluding hydrogens is 533 g/mol. The van der Waals surface area contributed by atoms with Crippen LogP contribution in [0.25, 0.3) is 0 Å². The van der Waals surface area contributed by atoms with E-state index in [9.17, 15) is 36.6 Å². The third-order valence-electron chi connectivity index (χ3n) is 5.72. The Morgan fingerprint density at radius 3 is 2.42 bits per heavy atom. The maximum atomic E-state index is 14.1. The number of amides is 2. The molecule has 2 amide bonds. The van der Waals surface area contributed by atoms with Gasteiger partial charge in [0, 0.05) is 45.2 Å². The topological polar surface area (TPSA) is 90.5 Å². The second-order valence-corrected chi connectivity index (χ2v) is 9.81. The molecule has 1 unspecified atom stereocenters. The van der Waals surface area contributed by atoms with Crippen molar-refractivity contribution < 1.29 is 36.6 Å². The second kappa shape index (κ2) is 9.88. The average molecular weight is 554 g/mol. The van der Waals surface area contributed by atoms with Crippen LogP contribution in [0.4, 0.5) is 33.3 Å². The van der Waals surface area contributed by atoms with E-state index in [0.29, 0.717) is 12.1 Å². The number of fused-ring (bicyclic) bond motifs is 1. The van der Waals surface area contributed by atoms with Crippen molar-refractivity contribution in [3.8, 4) is 0 Å². The van der Waals surface area contributed by atoms with Gasteiger partial charge in [0.25, 0.3) is 11.8 Å². The van der Waals surface area contributed by atoms with Gasteiger partial charge in [0.15, 0.2) is 0 Å². The summed E-state index contributed by atoms with van der Waals surface area (Å²) in [5.74, 6) is -3.57. The van der Waals surface area contributed by atoms with Crippen LogP contribution in [-0.2, 0) is 6.18 Å². The molecule has 6 nitrogen and oxygen atoms in total. The van der Waals surface area contributed by atoms with Gasteiger partial charge in [0.05, 0.1) is 17.2 Å². The number of anilines is 2. The lowest BCUT2D eigenvalue weighted by Crippen LogP contribution is -2.29. The molecule has 4 N–H and O–H groups in total. The number of rotatable bonds is 6. The van der Waals surface area contributed by atoms with Crippen LogP contribution in [0, 0.1) is 11.6 Å². The Kier molecular flexibility index (Phi) is 7.11. The van der Waals surface area contributed by atoms with E-state index in [2.05, 4.69) is 16.0 Å². The number of carbonyl (C=O) groups excluding carboxylic acids is 2. The van der Waals surface area contributed by atoms with E-state index in [1.165, 1.54) is 32.0 Å². The third-order valence-corrected chi connectivity index (χ3v) is 6.06. The highest BCUT2D eigenvalue weighted by atomic mass is 35.5. The van der Waals surface area contributed by atoms with Crippen LogP contribution in [0.3, 0.4) is 0 Å². The number of nitrogens with one attached hydrogen (secondary N) is 3. The smallest absolute Gasteiger partial charge is 0.389 e. The van der Waals surface area contributed by atoms with Gasteiger partial charge in [-0.1, -0.05) is 11.6 Å². The van der Waals surface area contributed by atoms with Crippen molar-refractivity contribution in [2.24, 2.45) is 0 Å². The Morgan fingerprint density at radius 1 is 1.05 bits per heavy atom. The molecule has 0 radical (unpaired) electrons. The van der Waals surface area contributed by atoms with E-state index in [4.69, 9.17) is 11.6 Å². The number of halogens is 6. The largest absolute Gasteiger partial charge is 0.416 e. The van der Waals surface area contributed by atoms with E-state index in [0.717, 1.165) is 12.1 Å². The van der Waals surface area contributed by atoms with Crippen LogP contribution in [0.15, 0.2) is 48.5 Å². The molecule has 3 aromatic rings. The van der Waals surface area contributed by atoms with Crippen LogP contribution >= 0.6 is 11.6 Å². The van der Waals surface area contributed by atoms with E-state index in [-0.39, 0.29) is 45.7 Å². The number of aliphatic hydroxyl groups is 1. The van der Waals surface area contributed by atoms with Crippen molar-refractivity contribution in [3.63, 3.8) is 0 Å². The van der Waals surface area contributed by atoms with Crippen LogP contribution in [0.5, 0.6) is 0 Å². The SMILES string of the molecule is CC(C)(O)CNc1cc(NC(=O)c2cc(F)cc(C(F)(F)F)c2)c2c(c1)C(=O)NC2c1cc(F)ccc1Cl. The van der Waals surface area contributed by atoms with E-state index in [1.54, 1.807) is 0 Å². The lowest BCUT2D eigenvalue weighted by molar-refractivity contribution is -0.137. The van der Waals surface area contributed by atoms with Gasteiger partial charge in [-0.15, -0.1) is 0 Å². The Balaban J connectivity index is 1.82. The number of hydrogen-bond donors (Lipinski definition) is 4. The molecule has 4 rings (SSSR count). The zero-order chi connectivity index (χ0) is 28.0. The highest BCUT2D eigenvalue weighted by Gasteiger charge is 2.36. The van der Waals surface area contributed by atoms with Crippen molar-refractivity contribution in [3.05, 3.63) is 93.0 Å². The van der Waals surface area contributed by atoms with E-state index >= 15 is 0 Å². The molecule has 0 fully saturated rings. The molecule has 0 bridgehead atoms. The van der Waals surface area contributed by atoms with Crippen LogP contribution in [-0.4, -0.2) is 29.1 Å². The minimum atomic E-state index is -4.89. The fourth-order valence-corrected chi connectivity index (χ4v) is 4.23. The summed E-state index contributed by atoms with van der Waals surface area (Å²) >= 11 is 6.26. The van der Waals surface area contributed by atoms with Crippen LogP contribution < -0.4 is 16.0 Å². The number of carbonyl (C=O) groups is 2. The maximum absolute atomic E-state index is 14.1. The Hall–Kier alpha value is -3.70. The molecule has 12 heteroatoms. The van der Waals surface area contributed by atoms with E-state index in [1.807, 2.05) is 0 Å². The fourth-order valence-electron chi connectivity index (χ4n) is 4.00. The monoisotopic (exact) mass is 553 g/mol. The number of benzene rings is 3. The molecule has 1 atom stereocenters. The quantitative estimate of drug-likeness (QED) is 0.286. The molecular formula is C26H21ClF5N3O3. The van der Waals surface area contributed by atoms with Gasteiger partial charge in [-0.3, -0.25) is 9.59 Å². The van der Waals surface area contributed by atoms with Gasteiger partial charge in [-0.2, -0.15) is 13.2 Å². The first kappa shape index (κ1) is 27.3. The Bertz CT molecular complexity index is 1440. The van der Waals surface area contributed by atoms with Gasteiger partial charge in [0.1, 0.15) is 11.6 Å². The van der Waals surface area contributed by atoms with Crippen molar-refractivity contribution in [2.45, 2.75) is 31.7 Å². The van der Waals surface area contributed by atoms with Crippen LogP contribution in [0.2, 0.25) is 5.02 Å². The third kappa shape index (κ3) is 5.89. The minimum absolute atomic E-state index is 0.0211. The molecule has 0 aliphatic carbocycles. The zero-order valence-electron chi connectivity index (χ0n) is 19.9. The van der Waals surface area contributed by atoms with Gasteiger partial charge >= 0.3 is 6.18 Å². The Labute approximate surface area is 218 Å². The predicted molar refractivity (Wildman–Crippen MR) is 131 cm³/mol. The summed E-state index contributed by atoms with van der Waals surface area (Å²) in [4.78, 5) is 25.9. The molecule has 1 heterocycles. The summed E-state index contributed by atoms with van der Waals surface area (Å²) in [6.45, 7) is 3.11. The maximum Gasteiger partial charge on any atom is 0.416 e. The second-order valence-electron chi connectivity index (χ2n) is 9.40. The molecule has 0 spiro atoms. The van der Waals surface area contributed by atoms with Crippen molar-refractivity contribution >= 4 is 34.8 Å². The zero-order valence-corrected chi connectivity index (χ0v) is 20.7. The predicted octanol–water partition coefficient (Wildman–Crippen LogP) is 5.90. The number of alkyl halides is 3. The van der Waals surface area contributed by atoms with Crippen molar-refractivity contribution in [1.29, 1.82) is 0 Å². The average Bonchev–Trinajstić information content (AvgIpc) is 3.14. The van der Waals surface area contributed by atoms with Crippen molar-refractivity contribution in [1.82, 2.24) is 5.32 Å². The van der Waals surface area contributed by atoms with Gasteiger partial charge < -0.3 is 21.1 Å².